The fraction of sp³-hybridized carbons (Fsp3) is 0.462. The molecule has 1 fully saturated rings. The number of rotatable bonds is 5. The highest BCUT2D eigenvalue weighted by atomic mass is 35.5. The number of halogens is 4. The summed E-state index contributed by atoms with van der Waals surface area (Å²) in [7, 11) is 0. The number of amides is 1. The van der Waals surface area contributed by atoms with E-state index in [-0.39, 0.29) is 35.6 Å². The van der Waals surface area contributed by atoms with E-state index >= 15 is 0 Å². The number of carbonyl (C=O) groups excluding carboxylic acids is 1. The smallest absolute Gasteiger partial charge is 0.384 e. The summed E-state index contributed by atoms with van der Waals surface area (Å²) in [5, 5.41) is 5.58. The van der Waals surface area contributed by atoms with Gasteiger partial charge in [0.05, 0.1) is 5.56 Å². The summed E-state index contributed by atoms with van der Waals surface area (Å²) in [5.74, 6) is -0.0990. The minimum absolute atomic E-state index is 0.00440. The second-order valence-electron chi connectivity index (χ2n) is 4.74. The summed E-state index contributed by atoms with van der Waals surface area (Å²) in [4.78, 5) is 11.4. The monoisotopic (exact) mass is 306 g/mol. The van der Waals surface area contributed by atoms with E-state index in [0.29, 0.717) is 0 Å². The molecule has 1 amide bonds. The lowest BCUT2D eigenvalue weighted by Gasteiger charge is -2.11. The van der Waals surface area contributed by atoms with Crippen LogP contribution < -0.4 is 10.6 Å². The first-order chi connectivity index (χ1) is 9.34. The van der Waals surface area contributed by atoms with Gasteiger partial charge < -0.3 is 10.6 Å². The molecule has 2 N–H and O–H groups in total. The topological polar surface area (TPSA) is 41.1 Å². The van der Waals surface area contributed by atoms with Crippen molar-refractivity contribution in [3.63, 3.8) is 0 Å². The maximum absolute atomic E-state index is 12.6. The van der Waals surface area contributed by atoms with Crippen LogP contribution in [0, 0.1) is 0 Å². The van der Waals surface area contributed by atoms with E-state index in [0.717, 1.165) is 25.0 Å². The van der Waals surface area contributed by atoms with Gasteiger partial charge in [-0.1, -0.05) is 11.6 Å². The second kappa shape index (κ2) is 5.91. The van der Waals surface area contributed by atoms with Crippen molar-refractivity contribution in [3.8, 4) is 0 Å². The number of hydrogen-bond acceptors (Lipinski definition) is 2. The van der Waals surface area contributed by atoms with Crippen LogP contribution in [0.2, 0.25) is 5.02 Å². The highest BCUT2D eigenvalue weighted by molar-refractivity contribution is 6.30. The molecule has 1 aromatic carbocycles. The molecular formula is C13H14ClF3N2O. The lowest BCUT2D eigenvalue weighted by molar-refractivity contribution is -0.137. The Labute approximate surface area is 119 Å². The van der Waals surface area contributed by atoms with E-state index < -0.39 is 11.7 Å². The molecule has 0 atom stereocenters. The zero-order valence-electron chi connectivity index (χ0n) is 10.6. The summed E-state index contributed by atoms with van der Waals surface area (Å²) in [5.41, 5.74) is -0.557. The zero-order chi connectivity index (χ0) is 14.8. The minimum atomic E-state index is -4.44. The first-order valence-electron chi connectivity index (χ1n) is 6.25. The van der Waals surface area contributed by atoms with Crippen molar-refractivity contribution in [1.29, 1.82) is 0 Å². The minimum Gasteiger partial charge on any atom is -0.384 e. The molecule has 0 radical (unpaired) electrons. The van der Waals surface area contributed by atoms with Gasteiger partial charge in [0.15, 0.2) is 0 Å². The Morgan fingerprint density at radius 2 is 2.00 bits per heavy atom. The van der Waals surface area contributed by atoms with Crippen LogP contribution in [0.15, 0.2) is 18.2 Å². The molecule has 3 nitrogen and oxygen atoms in total. The van der Waals surface area contributed by atoms with Crippen molar-refractivity contribution in [3.05, 3.63) is 28.8 Å². The molecular weight excluding hydrogens is 293 g/mol. The van der Waals surface area contributed by atoms with Gasteiger partial charge in [-0.25, -0.2) is 0 Å². The van der Waals surface area contributed by atoms with Gasteiger partial charge in [-0.15, -0.1) is 0 Å². The highest BCUT2D eigenvalue weighted by Crippen LogP contribution is 2.33. The third-order valence-corrected chi connectivity index (χ3v) is 3.07. The van der Waals surface area contributed by atoms with Crippen molar-refractivity contribution in [2.45, 2.75) is 31.5 Å². The predicted octanol–water partition coefficient (Wildman–Crippen LogP) is 3.44. The summed E-state index contributed by atoms with van der Waals surface area (Å²) >= 11 is 5.66. The Hall–Kier alpha value is -1.43. The molecule has 1 saturated carbocycles. The van der Waals surface area contributed by atoms with Gasteiger partial charge >= 0.3 is 6.18 Å². The molecule has 1 aliphatic carbocycles. The third-order valence-electron chi connectivity index (χ3n) is 2.85. The SMILES string of the molecule is O=C(CCNc1cc(Cl)cc(C(F)(F)F)c1)NC1CC1. The maximum Gasteiger partial charge on any atom is 0.416 e. The Balaban J connectivity index is 1.88. The van der Waals surface area contributed by atoms with E-state index in [1.807, 2.05) is 0 Å². The fourth-order valence-corrected chi connectivity index (χ4v) is 1.94. The number of anilines is 1. The normalized spacial score (nSPS) is 15.0. The van der Waals surface area contributed by atoms with Crippen molar-refractivity contribution < 1.29 is 18.0 Å². The van der Waals surface area contributed by atoms with Crippen molar-refractivity contribution in [1.82, 2.24) is 5.32 Å². The predicted molar refractivity (Wildman–Crippen MR) is 70.7 cm³/mol. The van der Waals surface area contributed by atoms with Crippen LogP contribution in [0.1, 0.15) is 24.8 Å². The van der Waals surface area contributed by atoms with Crippen LogP contribution in [-0.2, 0) is 11.0 Å². The Morgan fingerprint density at radius 3 is 2.60 bits per heavy atom. The van der Waals surface area contributed by atoms with Crippen LogP contribution in [0.4, 0.5) is 18.9 Å². The summed E-state index contributed by atoms with van der Waals surface area (Å²) < 4.78 is 37.8. The van der Waals surface area contributed by atoms with Crippen molar-refractivity contribution >= 4 is 23.2 Å². The molecule has 1 aliphatic rings. The van der Waals surface area contributed by atoms with Gasteiger partial charge in [-0.3, -0.25) is 4.79 Å². The molecule has 0 bridgehead atoms. The Bertz CT molecular complexity index is 501. The highest BCUT2D eigenvalue weighted by Gasteiger charge is 2.31. The van der Waals surface area contributed by atoms with Crippen LogP contribution in [0.25, 0.3) is 0 Å². The lowest BCUT2D eigenvalue weighted by Crippen LogP contribution is -2.27. The lowest BCUT2D eigenvalue weighted by atomic mass is 10.2. The van der Waals surface area contributed by atoms with E-state index in [2.05, 4.69) is 10.6 Å². The summed E-state index contributed by atoms with van der Waals surface area (Å²) in [6, 6.07) is 3.53. The molecule has 0 aliphatic heterocycles. The van der Waals surface area contributed by atoms with Crippen LogP contribution in [-0.4, -0.2) is 18.5 Å². The zero-order valence-corrected chi connectivity index (χ0v) is 11.3. The number of alkyl halides is 3. The quantitative estimate of drug-likeness (QED) is 0.875. The molecule has 0 unspecified atom stereocenters. The molecule has 1 aromatic rings. The molecule has 0 saturated heterocycles. The van der Waals surface area contributed by atoms with Crippen LogP contribution in [0.5, 0.6) is 0 Å². The average molecular weight is 307 g/mol. The number of nitrogens with one attached hydrogen (secondary N) is 2. The van der Waals surface area contributed by atoms with Crippen molar-refractivity contribution in [2.24, 2.45) is 0 Å². The van der Waals surface area contributed by atoms with E-state index in [1.165, 1.54) is 6.07 Å². The van der Waals surface area contributed by atoms with E-state index in [4.69, 9.17) is 11.6 Å². The van der Waals surface area contributed by atoms with Gasteiger partial charge in [0.25, 0.3) is 0 Å². The second-order valence-corrected chi connectivity index (χ2v) is 5.18. The molecule has 0 spiro atoms. The van der Waals surface area contributed by atoms with Gasteiger partial charge in [0.1, 0.15) is 0 Å². The molecule has 7 heteroatoms. The standard InChI is InChI=1S/C13H14ClF3N2O/c14-9-5-8(13(15,16)17)6-11(7-9)18-4-3-12(20)19-10-1-2-10/h5-7,10,18H,1-4H2,(H,19,20). The van der Waals surface area contributed by atoms with E-state index in [1.54, 1.807) is 0 Å². The molecule has 20 heavy (non-hydrogen) atoms. The molecule has 0 heterocycles. The van der Waals surface area contributed by atoms with Gasteiger partial charge in [0, 0.05) is 29.7 Å². The largest absolute Gasteiger partial charge is 0.416 e. The van der Waals surface area contributed by atoms with Gasteiger partial charge in [-0.05, 0) is 31.0 Å². The summed E-state index contributed by atoms with van der Waals surface area (Å²) in [6.07, 6.45) is -2.22. The molecule has 0 aromatic heterocycles. The van der Waals surface area contributed by atoms with Crippen LogP contribution in [0.3, 0.4) is 0 Å². The Morgan fingerprint density at radius 1 is 1.30 bits per heavy atom. The first kappa shape index (κ1) is 15.0. The van der Waals surface area contributed by atoms with E-state index in [9.17, 15) is 18.0 Å². The fourth-order valence-electron chi connectivity index (χ4n) is 1.70. The maximum atomic E-state index is 12.6. The Kier molecular flexibility index (Phi) is 4.42. The van der Waals surface area contributed by atoms with Gasteiger partial charge in [0.2, 0.25) is 5.91 Å². The van der Waals surface area contributed by atoms with Crippen LogP contribution >= 0.6 is 11.6 Å². The van der Waals surface area contributed by atoms with Gasteiger partial charge in [-0.2, -0.15) is 13.2 Å². The number of carbonyl (C=O) groups is 1. The molecule has 2 rings (SSSR count). The van der Waals surface area contributed by atoms with Crippen molar-refractivity contribution in [2.75, 3.05) is 11.9 Å². The summed E-state index contributed by atoms with van der Waals surface area (Å²) in [6.45, 7) is 0.260. The molecule has 110 valence electrons. The number of hydrogen-bond donors (Lipinski definition) is 2. The number of benzene rings is 1. The average Bonchev–Trinajstić information content (AvgIpc) is 3.11. The first-order valence-corrected chi connectivity index (χ1v) is 6.63. The third kappa shape index (κ3) is 4.59.